The maximum Gasteiger partial charge on any atom is 0.315 e. The summed E-state index contributed by atoms with van der Waals surface area (Å²) in [5.74, 6) is 1.66. The maximum absolute atomic E-state index is 12.8. The molecule has 2 saturated heterocycles. The second-order valence-corrected chi connectivity index (χ2v) is 13.9. The lowest BCUT2D eigenvalue weighted by Crippen LogP contribution is -2.47. The van der Waals surface area contributed by atoms with E-state index in [1.54, 1.807) is 6.33 Å². The largest absolute Gasteiger partial charge is 0.388 e. The van der Waals surface area contributed by atoms with Crippen LogP contribution in [0, 0.1) is 0 Å². The summed E-state index contributed by atoms with van der Waals surface area (Å²) in [6.45, 7) is 5.35. The molecule has 5 heterocycles. The molecule has 2 amide bonds. The van der Waals surface area contributed by atoms with Gasteiger partial charge in [0, 0.05) is 50.6 Å². The summed E-state index contributed by atoms with van der Waals surface area (Å²) >= 11 is 0. The first-order valence-corrected chi connectivity index (χ1v) is 18.2. The molecular formula is C36H45N13O3. The first-order valence-electron chi connectivity index (χ1n) is 18.2. The van der Waals surface area contributed by atoms with Crippen LogP contribution >= 0.6 is 0 Å². The average molecular weight is 708 g/mol. The Balaban J connectivity index is 1.10. The summed E-state index contributed by atoms with van der Waals surface area (Å²) in [4.78, 5) is 31.1. The molecule has 5 aromatic rings. The third-order valence-electron chi connectivity index (χ3n) is 10.6. The number of amides is 2. The Labute approximate surface area is 301 Å². The van der Waals surface area contributed by atoms with E-state index in [1.165, 1.54) is 15.9 Å². The molecule has 6 atom stereocenters. The molecule has 1 aliphatic carbocycles. The van der Waals surface area contributed by atoms with E-state index in [9.17, 15) is 15.0 Å². The van der Waals surface area contributed by atoms with E-state index < -0.39 is 24.3 Å². The van der Waals surface area contributed by atoms with Gasteiger partial charge < -0.3 is 40.9 Å². The van der Waals surface area contributed by atoms with Gasteiger partial charge in [0.15, 0.2) is 22.8 Å². The fourth-order valence-electron chi connectivity index (χ4n) is 7.69. The number of tetrazole rings is 1. The van der Waals surface area contributed by atoms with Gasteiger partial charge in [-0.25, -0.2) is 9.78 Å². The zero-order valence-corrected chi connectivity index (χ0v) is 29.1. The number of aliphatic hydroxyl groups is 2. The van der Waals surface area contributed by atoms with E-state index in [4.69, 9.17) is 15.0 Å². The monoisotopic (exact) mass is 707 g/mol. The second-order valence-electron chi connectivity index (χ2n) is 13.9. The first-order chi connectivity index (χ1) is 25.4. The highest BCUT2D eigenvalue weighted by Crippen LogP contribution is 2.40. The molecule has 3 aromatic heterocycles. The molecule has 2 aromatic carbocycles. The van der Waals surface area contributed by atoms with Crippen molar-refractivity contribution in [3.8, 4) is 0 Å². The van der Waals surface area contributed by atoms with Crippen LogP contribution in [-0.2, 0) is 6.42 Å². The van der Waals surface area contributed by atoms with Gasteiger partial charge in [-0.1, -0.05) is 67.6 Å². The van der Waals surface area contributed by atoms with E-state index in [1.807, 2.05) is 47.9 Å². The Morgan fingerprint density at radius 1 is 0.962 bits per heavy atom. The van der Waals surface area contributed by atoms with Crippen LogP contribution in [0.2, 0.25) is 0 Å². The molecule has 8 rings (SSSR count). The van der Waals surface area contributed by atoms with Crippen molar-refractivity contribution >= 4 is 29.0 Å². The van der Waals surface area contributed by atoms with Gasteiger partial charge in [-0.05, 0) is 42.1 Å². The highest BCUT2D eigenvalue weighted by molar-refractivity contribution is 5.84. The Bertz CT molecular complexity index is 1930. The number of benzene rings is 2. The van der Waals surface area contributed by atoms with Crippen LogP contribution < -0.4 is 26.2 Å². The molecule has 0 bridgehead atoms. The van der Waals surface area contributed by atoms with Gasteiger partial charge in [-0.15, -0.1) is 10.2 Å². The number of hydrogen-bond donors (Lipinski definition) is 6. The van der Waals surface area contributed by atoms with E-state index in [0.717, 1.165) is 25.9 Å². The SMILES string of the molecule is CCc1nnn([C@H]2C[C@@H](n3cnc4c(NCC(c5ccccc5)c5ccccc5)nc(N5CC[C@@H](NC(=O)NC6CCNC6)C5)nc43)[C@H](O)[C@@H]2O)n1. The molecule has 0 radical (unpaired) electrons. The van der Waals surface area contributed by atoms with Crippen molar-refractivity contribution in [3.63, 3.8) is 0 Å². The molecule has 1 unspecified atom stereocenters. The number of nitrogens with one attached hydrogen (secondary N) is 4. The zero-order valence-electron chi connectivity index (χ0n) is 29.1. The van der Waals surface area contributed by atoms with Crippen molar-refractivity contribution in [2.24, 2.45) is 0 Å². The van der Waals surface area contributed by atoms with Crippen LogP contribution in [0.25, 0.3) is 11.2 Å². The molecular weight excluding hydrogens is 662 g/mol. The number of imidazole rings is 1. The molecule has 3 fully saturated rings. The highest BCUT2D eigenvalue weighted by Gasteiger charge is 2.45. The standard InChI is InChI=1S/C36H45N13O3/c1-2-29-44-46-49(45-29)28-17-27(31(50)32(28)51)48-21-39-30-33(38-19-26(22-9-5-3-6-10-22)23-11-7-4-8-12-23)42-35(43-34(30)48)47-16-14-25(20-47)41-36(52)40-24-13-15-37-18-24/h3-12,21,24-28,31-32,37,50-51H,2,13-20H2,1H3,(H,38,42,43)(H2,40,41,52)/t24?,25-,27-,28+,31+,32-/m1/s1. The topological polar surface area (TPSA) is 196 Å². The molecule has 0 spiro atoms. The Morgan fingerprint density at radius 2 is 1.69 bits per heavy atom. The summed E-state index contributed by atoms with van der Waals surface area (Å²) < 4.78 is 1.83. The van der Waals surface area contributed by atoms with Gasteiger partial charge in [0.1, 0.15) is 18.2 Å². The maximum atomic E-state index is 12.8. The number of hydrogen-bond acceptors (Lipinski definition) is 12. The summed E-state index contributed by atoms with van der Waals surface area (Å²) in [6.07, 6.45) is 2.04. The third-order valence-corrected chi connectivity index (χ3v) is 10.6. The predicted molar refractivity (Wildman–Crippen MR) is 194 cm³/mol. The first kappa shape index (κ1) is 33.9. The molecule has 16 nitrogen and oxygen atoms in total. The number of nitrogens with zero attached hydrogens (tertiary/aromatic N) is 9. The number of aliphatic hydroxyl groups excluding tert-OH is 2. The summed E-state index contributed by atoms with van der Waals surface area (Å²) in [6, 6.07) is 19.5. The molecule has 272 valence electrons. The normalized spacial score (nSPS) is 24.6. The van der Waals surface area contributed by atoms with Crippen molar-refractivity contribution in [1.29, 1.82) is 0 Å². The minimum absolute atomic E-state index is 0.0302. The predicted octanol–water partition coefficient (Wildman–Crippen LogP) is 1.77. The van der Waals surface area contributed by atoms with Gasteiger partial charge in [-0.2, -0.15) is 14.8 Å². The lowest BCUT2D eigenvalue weighted by atomic mass is 9.91. The highest BCUT2D eigenvalue weighted by atomic mass is 16.3. The summed E-state index contributed by atoms with van der Waals surface area (Å²) in [5.41, 5.74) is 3.42. The van der Waals surface area contributed by atoms with Gasteiger partial charge in [0.2, 0.25) is 5.95 Å². The van der Waals surface area contributed by atoms with Gasteiger partial charge in [0.05, 0.1) is 12.4 Å². The van der Waals surface area contributed by atoms with Crippen LogP contribution in [0.1, 0.15) is 61.1 Å². The molecule has 16 heteroatoms. The van der Waals surface area contributed by atoms with Crippen molar-refractivity contribution in [1.82, 2.24) is 55.7 Å². The fourth-order valence-corrected chi connectivity index (χ4v) is 7.69. The zero-order chi connectivity index (χ0) is 35.6. The molecule has 52 heavy (non-hydrogen) atoms. The van der Waals surface area contributed by atoms with Crippen molar-refractivity contribution in [2.45, 2.75) is 74.9 Å². The van der Waals surface area contributed by atoms with Gasteiger partial charge in [-0.3, -0.25) is 0 Å². The number of urea groups is 1. The van der Waals surface area contributed by atoms with Crippen LogP contribution in [0.4, 0.5) is 16.6 Å². The second kappa shape index (κ2) is 14.8. The number of anilines is 2. The number of aromatic nitrogens is 8. The summed E-state index contributed by atoms with van der Waals surface area (Å²) in [7, 11) is 0. The molecule has 1 saturated carbocycles. The van der Waals surface area contributed by atoms with Crippen molar-refractivity contribution in [2.75, 3.05) is 42.9 Å². The minimum Gasteiger partial charge on any atom is -0.388 e. The number of rotatable bonds is 11. The minimum atomic E-state index is -1.12. The van der Waals surface area contributed by atoms with Gasteiger partial charge in [0.25, 0.3) is 0 Å². The van der Waals surface area contributed by atoms with E-state index >= 15 is 0 Å². The fraction of sp³-hybridized carbons (Fsp3) is 0.472. The molecule has 2 aliphatic heterocycles. The Morgan fingerprint density at radius 3 is 2.38 bits per heavy atom. The Kier molecular flexibility index (Phi) is 9.66. The lowest BCUT2D eigenvalue weighted by Gasteiger charge is -2.22. The van der Waals surface area contributed by atoms with E-state index in [2.05, 4.69) is 65.8 Å². The third kappa shape index (κ3) is 6.88. The van der Waals surface area contributed by atoms with E-state index in [-0.39, 0.29) is 24.0 Å². The lowest BCUT2D eigenvalue weighted by molar-refractivity contribution is 0.00473. The van der Waals surface area contributed by atoms with Crippen molar-refractivity contribution in [3.05, 3.63) is 83.9 Å². The van der Waals surface area contributed by atoms with Crippen LogP contribution in [0.3, 0.4) is 0 Å². The van der Waals surface area contributed by atoms with Crippen molar-refractivity contribution < 1.29 is 15.0 Å². The van der Waals surface area contributed by atoms with E-state index in [0.29, 0.717) is 61.2 Å². The summed E-state index contributed by atoms with van der Waals surface area (Å²) in [5, 5.41) is 48.3. The van der Waals surface area contributed by atoms with Crippen LogP contribution in [-0.4, -0.2) is 113 Å². The Hall–Kier alpha value is -5.19. The molecule has 6 N–H and O–H groups in total. The number of fused-ring (bicyclic) bond motifs is 1. The number of aryl methyl sites for hydroxylation is 1. The average Bonchev–Trinajstić information content (AvgIpc) is 4.02. The van der Waals surface area contributed by atoms with Crippen LogP contribution in [0.15, 0.2) is 67.0 Å². The number of carbonyl (C=O) groups excluding carboxylic acids is 1. The quantitative estimate of drug-likeness (QED) is 0.117. The van der Waals surface area contributed by atoms with Gasteiger partial charge >= 0.3 is 6.03 Å². The smallest absolute Gasteiger partial charge is 0.315 e. The van der Waals surface area contributed by atoms with Crippen LogP contribution in [0.5, 0.6) is 0 Å². The number of carbonyl (C=O) groups is 1. The molecule has 3 aliphatic rings.